The van der Waals surface area contributed by atoms with Crippen LogP contribution in [0.5, 0.6) is 0 Å². The molecule has 0 amide bonds. The fourth-order valence-electron chi connectivity index (χ4n) is 2.15. The molecule has 0 heterocycles. The predicted molar refractivity (Wildman–Crippen MR) is 74.9 cm³/mol. The number of benzene rings is 1. The van der Waals surface area contributed by atoms with E-state index in [1.54, 1.807) is 0 Å². The van der Waals surface area contributed by atoms with Crippen LogP contribution in [0.4, 0.5) is 5.69 Å². The van der Waals surface area contributed by atoms with E-state index in [0.717, 1.165) is 6.42 Å². The van der Waals surface area contributed by atoms with E-state index >= 15 is 0 Å². The van der Waals surface area contributed by atoms with Gasteiger partial charge in [-0.15, -0.1) is 0 Å². The Labute approximate surface area is 118 Å². The van der Waals surface area contributed by atoms with Gasteiger partial charge in [-0.2, -0.15) is 0 Å². The third kappa shape index (κ3) is 2.94. The Morgan fingerprint density at radius 1 is 1.50 bits per heavy atom. The quantitative estimate of drug-likeness (QED) is 0.710. The van der Waals surface area contributed by atoms with Gasteiger partial charge in [-0.25, -0.2) is 17.9 Å². The topological polar surface area (TPSA) is 109 Å². The monoisotopic (exact) mass is 298 g/mol. The summed E-state index contributed by atoms with van der Waals surface area (Å²) in [5.41, 5.74) is 5.63. The van der Waals surface area contributed by atoms with Crippen molar-refractivity contribution in [3.8, 4) is 0 Å². The average Bonchev–Trinajstić information content (AvgIpc) is 2.94. The average molecular weight is 298 g/mol. The van der Waals surface area contributed by atoms with E-state index in [2.05, 4.69) is 18.6 Å². The Balaban J connectivity index is 2.25. The van der Waals surface area contributed by atoms with Crippen LogP contribution in [0.1, 0.15) is 30.6 Å². The van der Waals surface area contributed by atoms with Crippen molar-refractivity contribution in [3.05, 3.63) is 23.8 Å². The molecular weight excluding hydrogens is 280 g/mol. The van der Waals surface area contributed by atoms with Crippen molar-refractivity contribution in [1.82, 2.24) is 4.72 Å². The lowest BCUT2D eigenvalue weighted by Crippen LogP contribution is -2.28. The lowest BCUT2D eigenvalue weighted by atomic mass is 10.1. The van der Waals surface area contributed by atoms with Gasteiger partial charge >= 0.3 is 5.97 Å². The highest BCUT2D eigenvalue weighted by Gasteiger charge is 2.45. The third-order valence-corrected chi connectivity index (χ3v) is 5.23. The summed E-state index contributed by atoms with van der Waals surface area (Å²) in [6.45, 7) is 4.44. The zero-order valence-electron chi connectivity index (χ0n) is 11.4. The maximum atomic E-state index is 12.2. The first-order chi connectivity index (χ1) is 9.13. The zero-order chi connectivity index (χ0) is 15.1. The first-order valence-corrected chi connectivity index (χ1v) is 7.74. The number of sulfonamides is 1. The summed E-state index contributed by atoms with van der Waals surface area (Å²) in [4.78, 5) is 10.8. The number of aromatic carboxylic acids is 1. The second-order valence-corrected chi connectivity index (χ2v) is 7.54. The van der Waals surface area contributed by atoms with Crippen LogP contribution in [0.2, 0.25) is 0 Å². The Morgan fingerprint density at radius 3 is 2.60 bits per heavy atom. The lowest BCUT2D eigenvalue weighted by molar-refractivity contribution is 0.0692. The largest absolute Gasteiger partial charge is 0.478 e. The van der Waals surface area contributed by atoms with Crippen LogP contribution in [-0.2, 0) is 10.0 Å². The summed E-state index contributed by atoms with van der Waals surface area (Å²) in [6, 6.07) is 3.74. The lowest BCUT2D eigenvalue weighted by Gasteiger charge is -2.10. The van der Waals surface area contributed by atoms with Crippen LogP contribution in [-0.4, -0.2) is 26.0 Å². The van der Waals surface area contributed by atoms with Gasteiger partial charge in [0.05, 0.1) is 10.5 Å². The molecule has 6 nitrogen and oxygen atoms in total. The minimum Gasteiger partial charge on any atom is -0.478 e. The number of hydrogen-bond donors (Lipinski definition) is 3. The fraction of sp³-hybridized carbons (Fsp3) is 0.462. The van der Waals surface area contributed by atoms with Crippen LogP contribution < -0.4 is 10.5 Å². The molecule has 20 heavy (non-hydrogen) atoms. The van der Waals surface area contributed by atoms with Gasteiger partial charge in [0.25, 0.3) is 0 Å². The Hall–Kier alpha value is -1.60. The molecule has 1 aromatic rings. The first kappa shape index (κ1) is 14.8. The highest BCUT2D eigenvalue weighted by atomic mass is 32.2. The number of hydrogen-bond acceptors (Lipinski definition) is 4. The molecule has 2 rings (SSSR count). The van der Waals surface area contributed by atoms with E-state index in [-0.39, 0.29) is 27.5 Å². The summed E-state index contributed by atoms with van der Waals surface area (Å²) in [5, 5.41) is 9.06. The number of nitrogens with one attached hydrogen (secondary N) is 1. The molecule has 1 aliphatic rings. The highest BCUT2D eigenvalue weighted by Crippen LogP contribution is 2.51. The molecule has 1 saturated carbocycles. The van der Waals surface area contributed by atoms with Gasteiger partial charge in [0.15, 0.2) is 0 Å². The molecule has 110 valence electrons. The van der Waals surface area contributed by atoms with Crippen molar-refractivity contribution in [2.24, 2.45) is 11.3 Å². The van der Waals surface area contributed by atoms with Gasteiger partial charge in [-0.3, -0.25) is 0 Å². The van der Waals surface area contributed by atoms with Crippen molar-refractivity contribution in [1.29, 1.82) is 0 Å². The molecular formula is C13H18N2O4S. The molecule has 0 radical (unpaired) electrons. The molecule has 0 aliphatic heterocycles. The number of carbonyl (C=O) groups is 1. The number of nitrogens with two attached hydrogens (primary N) is 1. The summed E-state index contributed by atoms with van der Waals surface area (Å²) >= 11 is 0. The highest BCUT2D eigenvalue weighted by molar-refractivity contribution is 7.89. The number of carboxylic acid groups (broad SMARTS) is 1. The summed E-state index contributed by atoms with van der Waals surface area (Å²) < 4.78 is 26.9. The number of nitrogen functional groups attached to an aromatic ring is 1. The van der Waals surface area contributed by atoms with Gasteiger partial charge in [0, 0.05) is 12.2 Å². The number of carboxylic acids is 1. The smallest absolute Gasteiger partial charge is 0.337 e. The second kappa shape index (κ2) is 4.75. The second-order valence-electron chi connectivity index (χ2n) is 5.80. The van der Waals surface area contributed by atoms with Gasteiger partial charge in [0.1, 0.15) is 0 Å². The maximum Gasteiger partial charge on any atom is 0.337 e. The van der Waals surface area contributed by atoms with Gasteiger partial charge in [-0.1, -0.05) is 13.8 Å². The fourth-order valence-corrected chi connectivity index (χ4v) is 3.46. The van der Waals surface area contributed by atoms with Crippen LogP contribution in [0.15, 0.2) is 23.1 Å². The SMILES string of the molecule is CC1(C)CC1CNS(=O)(=O)c1cc(N)ccc1C(=O)O. The Morgan fingerprint density at radius 2 is 2.10 bits per heavy atom. The molecule has 1 aromatic carbocycles. The van der Waals surface area contributed by atoms with Crippen molar-refractivity contribution in [2.75, 3.05) is 12.3 Å². The van der Waals surface area contributed by atoms with Crippen molar-refractivity contribution in [2.45, 2.75) is 25.2 Å². The van der Waals surface area contributed by atoms with E-state index in [4.69, 9.17) is 10.8 Å². The number of anilines is 1. The Bertz CT molecular complexity index is 652. The van der Waals surface area contributed by atoms with Crippen LogP contribution in [0.25, 0.3) is 0 Å². The van der Waals surface area contributed by atoms with Crippen LogP contribution >= 0.6 is 0 Å². The number of rotatable bonds is 5. The molecule has 0 bridgehead atoms. The molecule has 0 saturated heterocycles. The van der Waals surface area contributed by atoms with E-state index in [1.165, 1.54) is 18.2 Å². The molecule has 1 atom stereocenters. The Kier molecular flexibility index (Phi) is 3.51. The molecule has 1 unspecified atom stereocenters. The van der Waals surface area contributed by atoms with E-state index in [0.29, 0.717) is 6.54 Å². The maximum absolute atomic E-state index is 12.2. The van der Waals surface area contributed by atoms with E-state index in [9.17, 15) is 13.2 Å². The molecule has 1 fully saturated rings. The van der Waals surface area contributed by atoms with Crippen molar-refractivity contribution < 1.29 is 18.3 Å². The standard InChI is InChI=1S/C13H18N2O4S/c1-13(2)6-8(13)7-15-20(18,19)11-5-9(14)3-4-10(11)12(16)17/h3-5,8,15H,6-7,14H2,1-2H3,(H,16,17). The normalized spacial score (nSPS) is 20.6. The van der Waals surface area contributed by atoms with Crippen molar-refractivity contribution in [3.63, 3.8) is 0 Å². The van der Waals surface area contributed by atoms with E-state index < -0.39 is 16.0 Å². The first-order valence-electron chi connectivity index (χ1n) is 6.26. The zero-order valence-corrected chi connectivity index (χ0v) is 12.2. The third-order valence-electron chi connectivity index (χ3n) is 3.76. The molecule has 4 N–H and O–H groups in total. The molecule has 7 heteroatoms. The summed E-state index contributed by atoms with van der Waals surface area (Å²) in [5.74, 6) is -1.01. The van der Waals surface area contributed by atoms with Gasteiger partial charge < -0.3 is 10.8 Å². The van der Waals surface area contributed by atoms with Crippen molar-refractivity contribution >= 4 is 21.7 Å². The van der Waals surface area contributed by atoms with Crippen LogP contribution in [0, 0.1) is 11.3 Å². The van der Waals surface area contributed by atoms with Gasteiger partial charge in [0.2, 0.25) is 10.0 Å². The predicted octanol–water partition coefficient (Wildman–Crippen LogP) is 1.29. The minimum absolute atomic E-state index is 0.147. The molecule has 1 aliphatic carbocycles. The molecule has 0 aromatic heterocycles. The summed E-state index contributed by atoms with van der Waals surface area (Å²) in [6.07, 6.45) is 0.957. The van der Waals surface area contributed by atoms with Crippen LogP contribution in [0.3, 0.4) is 0 Å². The molecule has 0 spiro atoms. The summed E-state index contributed by atoms with van der Waals surface area (Å²) in [7, 11) is -3.87. The minimum atomic E-state index is -3.87. The van der Waals surface area contributed by atoms with Gasteiger partial charge in [-0.05, 0) is 36.0 Å². The van der Waals surface area contributed by atoms with E-state index in [1.807, 2.05) is 0 Å².